The molecule has 4 rings (SSSR count). The van der Waals surface area contributed by atoms with E-state index in [4.69, 9.17) is 30.5 Å². The van der Waals surface area contributed by atoms with Gasteiger partial charge in [-0.05, 0) is 58.4 Å². The molecule has 2 amide bonds. The second-order valence-electron chi connectivity index (χ2n) is 11.7. The predicted octanol–water partition coefficient (Wildman–Crippen LogP) is 4.33. The lowest BCUT2D eigenvalue weighted by Gasteiger charge is -2.33. The fraction of sp³-hybridized carbons (Fsp3) is 0.581. The zero-order valence-electron chi connectivity index (χ0n) is 25.4. The molecule has 4 bridgehead atoms. The second kappa shape index (κ2) is 13.1. The fourth-order valence-electron chi connectivity index (χ4n) is 5.67. The van der Waals surface area contributed by atoms with Crippen LogP contribution in [0.4, 0.5) is 10.5 Å². The lowest BCUT2D eigenvalue weighted by atomic mass is 9.85. The standard InChI is InChI=1S/C31H42ClN3O7/c1-17-10-8-9-11-21-15-23(40-30(38)34-21)18(2)28-31(4,42-28)25(41-29(37)19(3)33-5)16-26(36)35(6)22-13-20(12-17)14-24(39-7)27(22)32/h8-10,13-14,18-19,21,23,25,28,33H,11-12,15-16H2,1-7H3,(H,34,38)/b9-8+,17-10+/t18-,19+,21?,23+,25+,28+,31+/m1/s1. The smallest absolute Gasteiger partial charge is 0.407 e. The van der Waals surface area contributed by atoms with E-state index in [-0.39, 0.29) is 24.3 Å². The summed E-state index contributed by atoms with van der Waals surface area (Å²) in [5.74, 6) is -0.555. The van der Waals surface area contributed by atoms with Gasteiger partial charge in [0.15, 0.2) is 0 Å². The van der Waals surface area contributed by atoms with E-state index >= 15 is 0 Å². The van der Waals surface area contributed by atoms with E-state index in [1.807, 2.05) is 51.1 Å². The van der Waals surface area contributed by atoms with Gasteiger partial charge in [0.1, 0.15) is 34.6 Å². The number of anilines is 1. The Hall–Kier alpha value is -3.08. The first-order chi connectivity index (χ1) is 19.9. The van der Waals surface area contributed by atoms with E-state index in [0.29, 0.717) is 35.7 Å². The molecule has 230 valence electrons. The summed E-state index contributed by atoms with van der Waals surface area (Å²) >= 11 is 6.69. The van der Waals surface area contributed by atoms with Crippen molar-refractivity contribution < 1.29 is 33.3 Å². The summed E-state index contributed by atoms with van der Waals surface area (Å²) in [4.78, 5) is 40.6. The Labute approximate surface area is 252 Å². The predicted molar refractivity (Wildman–Crippen MR) is 160 cm³/mol. The van der Waals surface area contributed by atoms with Crippen molar-refractivity contribution in [2.24, 2.45) is 5.92 Å². The van der Waals surface area contributed by atoms with E-state index < -0.39 is 42.0 Å². The van der Waals surface area contributed by atoms with Crippen molar-refractivity contribution in [1.29, 1.82) is 0 Å². The number of fused-ring (bicyclic) bond motifs is 5. The number of halogens is 1. The van der Waals surface area contributed by atoms with Gasteiger partial charge < -0.3 is 34.5 Å². The van der Waals surface area contributed by atoms with E-state index in [9.17, 15) is 14.4 Å². The molecule has 10 nitrogen and oxygen atoms in total. The molecule has 7 atom stereocenters. The number of allylic oxidation sites excluding steroid dienone is 3. The summed E-state index contributed by atoms with van der Waals surface area (Å²) < 4.78 is 23.3. The van der Waals surface area contributed by atoms with Gasteiger partial charge in [-0.3, -0.25) is 9.59 Å². The molecule has 1 aromatic carbocycles. The Morgan fingerprint density at radius 1 is 1.31 bits per heavy atom. The third kappa shape index (κ3) is 6.93. The number of nitrogens with one attached hydrogen (secondary N) is 2. The van der Waals surface area contributed by atoms with Crippen molar-refractivity contribution >= 4 is 35.3 Å². The molecule has 11 heteroatoms. The highest BCUT2D eigenvalue weighted by atomic mass is 35.5. The lowest BCUT2D eigenvalue weighted by Crippen LogP contribution is -2.49. The molecule has 2 N–H and O–H groups in total. The summed E-state index contributed by atoms with van der Waals surface area (Å²) in [6.07, 6.45) is 5.60. The molecule has 0 radical (unpaired) electrons. The molecule has 2 fully saturated rings. The van der Waals surface area contributed by atoms with Crippen LogP contribution in [0.1, 0.15) is 52.5 Å². The van der Waals surface area contributed by atoms with Crippen LogP contribution >= 0.6 is 11.6 Å². The summed E-state index contributed by atoms with van der Waals surface area (Å²) in [5.41, 5.74) is 1.54. The van der Waals surface area contributed by atoms with Crippen molar-refractivity contribution in [3.8, 4) is 5.75 Å². The maximum atomic E-state index is 13.8. The number of methoxy groups -OCH3 is 1. The van der Waals surface area contributed by atoms with Crippen LogP contribution in [0.15, 0.2) is 35.9 Å². The van der Waals surface area contributed by atoms with Crippen molar-refractivity contribution in [1.82, 2.24) is 10.6 Å². The molecule has 1 aromatic rings. The van der Waals surface area contributed by atoms with Gasteiger partial charge in [-0.2, -0.15) is 0 Å². The number of hydrogen-bond donors (Lipinski definition) is 2. The third-order valence-electron chi connectivity index (χ3n) is 8.55. The normalized spacial score (nSPS) is 32.8. The van der Waals surface area contributed by atoms with E-state index in [1.165, 1.54) is 12.0 Å². The van der Waals surface area contributed by atoms with Crippen LogP contribution in [0.25, 0.3) is 0 Å². The minimum absolute atomic E-state index is 0.0980. The molecule has 2 saturated heterocycles. The monoisotopic (exact) mass is 603 g/mol. The quantitative estimate of drug-likeness (QED) is 0.386. The Morgan fingerprint density at radius 2 is 2.05 bits per heavy atom. The fourth-order valence-corrected chi connectivity index (χ4v) is 5.98. The number of amides is 2. The molecular weight excluding hydrogens is 562 g/mol. The van der Waals surface area contributed by atoms with Gasteiger partial charge in [0.25, 0.3) is 0 Å². The van der Waals surface area contributed by atoms with E-state index in [2.05, 4.69) is 10.6 Å². The molecule has 0 spiro atoms. The first-order valence-electron chi connectivity index (χ1n) is 14.4. The Balaban J connectivity index is 1.73. The topological polar surface area (TPSA) is 119 Å². The van der Waals surface area contributed by atoms with E-state index in [0.717, 1.165) is 11.1 Å². The average molecular weight is 604 g/mol. The molecule has 0 aromatic heterocycles. The third-order valence-corrected chi connectivity index (χ3v) is 8.93. The first-order valence-corrected chi connectivity index (χ1v) is 14.7. The van der Waals surface area contributed by atoms with Gasteiger partial charge in [0.2, 0.25) is 5.91 Å². The van der Waals surface area contributed by atoms with Crippen molar-refractivity contribution in [2.45, 2.75) is 89.4 Å². The highest BCUT2D eigenvalue weighted by molar-refractivity contribution is 6.35. The summed E-state index contributed by atoms with van der Waals surface area (Å²) in [5, 5.41) is 6.10. The van der Waals surface area contributed by atoms with E-state index in [1.54, 1.807) is 21.0 Å². The maximum absolute atomic E-state index is 13.8. The number of nitrogens with zero attached hydrogens (tertiary/aromatic N) is 1. The summed E-state index contributed by atoms with van der Waals surface area (Å²) in [6.45, 7) is 7.50. The van der Waals surface area contributed by atoms with Crippen LogP contribution in [-0.2, 0) is 30.2 Å². The molecular formula is C31H42ClN3O7. The number of carbonyl (C=O) groups excluding carboxylic acids is 3. The van der Waals surface area contributed by atoms with Crippen LogP contribution in [0.3, 0.4) is 0 Å². The number of benzene rings is 1. The molecule has 0 saturated carbocycles. The van der Waals surface area contributed by atoms with Gasteiger partial charge >= 0.3 is 12.1 Å². The number of rotatable bonds is 4. The Bertz CT molecular complexity index is 1270. The van der Waals surface area contributed by atoms with Gasteiger partial charge in [-0.1, -0.05) is 42.3 Å². The van der Waals surface area contributed by atoms with Gasteiger partial charge in [-0.25, -0.2) is 4.79 Å². The number of epoxide rings is 1. The largest absolute Gasteiger partial charge is 0.495 e. The first kappa shape index (κ1) is 31.8. The van der Waals surface area contributed by atoms with Crippen molar-refractivity contribution in [2.75, 3.05) is 26.1 Å². The average Bonchev–Trinajstić information content (AvgIpc) is 3.65. The molecule has 3 heterocycles. The SMILES string of the molecule is CN[C@@H](C)C(=O)O[C@H]1CC(=O)N(C)c2cc(cc(OC)c2Cl)C/C(C)=C/C=C/CC2C[C@H](OC(=O)N2)[C@@H](C)[C@@H]2O[C@@]12C. The van der Waals surface area contributed by atoms with Crippen molar-refractivity contribution in [3.05, 3.63) is 46.5 Å². The van der Waals surface area contributed by atoms with Crippen LogP contribution in [0, 0.1) is 5.92 Å². The van der Waals surface area contributed by atoms with Crippen LogP contribution in [0.5, 0.6) is 5.75 Å². The highest BCUT2D eigenvalue weighted by Crippen LogP contribution is 2.48. The van der Waals surface area contributed by atoms with Crippen molar-refractivity contribution in [3.63, 3.8) is 0 Å². The minimum atomic E-state index is -0.959. The van der Waals surface area contributed by atoms with Crippen LogP contribution in [0.2, 0.25) is 5.02 Å². The Morgan fingerprint density at radius 3 is 2.74 bits per heavy atom. The maximum Gasteiger partial charge on any atom is 0.407 e. The molecule has 3 aliphatic heterocycles. The highest BCUT2D eigenvalue weighted by Gasteiger charge is 2.63. The minimum Gasteiger partial charge on any atom is -0.495 e. The number of likely N-dealkylation sites (N-methyl/N-ethyl adjacent to an activating group) is 1. The van der Waals surface area contributed by atoms with Crippen LogP contribution < -0.4 is 20.3 Å². The second-order valence-corrected chi connectivity index (χ2v) is 12.1. The molecule has 42 heavy (non-hydrogen) atoms. The lowest BCUT2D eigenvalue weighted by molar-refractivity contribution is -0.155. The number of ether oxygens (including phenoxy) is 4. The number of alkyl carbamates (subject to hydrolysis) is 1. The molecule has 3 aliphatic rings. The Kier molecular flexibility index (Phi) is 9.90. The zero-order valence-corrected chi connectivity index (χ0v) is 26.1. The molecule has 1 unspecified atom stereocenters. The molecule has 0 aliphatic carbocycles. The number of carbonyl (C=O) groups is 3. The van der Waals surface area contributed by atoms with Crippen LogP contribution in [-0.4, -0.2) is 75.2 Å². The summed E-state index contributed by atoms with van der Waals surface area (Å²) in [6, 6.07) is 3.05. The summed E-state index contributed by atoms with van der Waals surface area (Å²) in [7, 11) is 4.83. The zero-order chi connectivity index (χ0) is 30.8. The number of hydrogen-bond acceptors (Lipinski definition) is 8. The van der Waals surface area contributed by atoms with Gasteiger partial charge in [-0.15, -0.1) is 0 Å². The van der Waals surface area contributed by atoms with Gasteiger partial charge in [0.05, 0.1) is 25.3 Å². The number of esters is 1. The van der Waals surface area contributed by atoms with Gasteiger partial charge in [0, 0.05) is 25.4 Å².